The molecule has 0 saturated heterocycles. The molecular weight excluding hydrogens is 256 g/mol. The molecule has 0 unspecified atom stereocenters. The third-order valence-corrected chi connectivity index (χ3v) is 3.09. The number of rotatable bonds is 3. The second kappa shape index (κ2) is 4.48. The highest BCUT2D eigenvalue weighted by Gasteiger charge is 2.46. The van der Waals surface area contributed by atoms with Crippen LogP contribution in [0.1, 0.15) is 18.1 Å². The molecule has 0 aliphatic carbocycles. The van der Waals surface area contributed by atoms with Gasteiger partial charge in [0.1, 0.15) is 5.75 Å². The molecule has 0 saturated carbocycles. The van der Waals surface area contributed by atoms with Crippen LogP contribution in [0.25, 0.3) is 0 Å². The number of carboxylic acid groups (broad SMARTS) is 1. The molecule has 0 fully saturated rings. The van der Waals surface area contributed by atoms with E-state index in [9.17, 15) is 20.0 Å². The minimum atomic E-state index is -1.70. The van der Waals surface area contributed by atoms with Crippen LogP contribution in [0.4, 0.5) is 5.69 Å². The minimum absolute atomic E-state index is 0.0109. The lowest BCUT2D eigenvalue weighted by molar-refractivity contribution is -0.386. The van der Waals surface area contributed by atoms with Crippen molar-refractivity contribution < 1.29 is 24.4 Å². The van der Waals surface area contributed by atoms with Gasteiger partial charge in [-0.15, -0.1) is 0 Å². The topological polar surface area (TPSA) is 111 Å². The zero-order valence-corrected chi connectivity index (χ0v) is 10.3. The van der Waals surface area contributed by atoms with E-state index in [1.165, 1.54) is 26.2 Å². The van der Waals surface area contributed by atoms with Crippen LogP contribution in [0.3, 0.4) is 0 Å². The molecule has 1 aliphatic rings. The van der Waals surface area contributed by atoms with Crippen molar-refractivity contribution in [1.29, 1.82) is 0 Å². The van der Waals surface area contributed by atoms with Crippen molar-refractivity contribution in [2.75, 3.05) is 7.11 Å². The van der Waals surface area contributed by atoms with E-state index in [2.05, 4.69) is 5.48 Å². The van der Waals surface area contributed by atoms with Gasteiger partial charge < -0.3 is 9.84 Å². The van der Waals surface area contributed by atoms with Crippen LogP contribution in [-0.2, 0) is 21.8 Å². The SMILES string of the molecule is COc1ccc([N+](=O)[O-])c2c1CON[C@@]2(C)C(=O)O. The van der Waals surface area contributed by atoms with Gasteiger partial charge >= 0.3 is 5.97 Å². The van der Waals surface area contributed by atoms with Crippen LogP contribution in [0.5, 0.6) is 5.75 Å². The summed E-state index contributed by atoms with van der Waals surface area (Å²) in [6.07, 6.45) is 0. The molecule has 0 bridgehead atoms. The number of nitro groups is 1. The Labute approximate surface area is 108 Å². The number of hydrogen-bond acceptors (Lipinski definition) is 6. The molecule has 1 atom stereocenters. The summed E-state index contributed by atoms with van der Waals surface area (Å²) < 4.78 is 5.10. The Kier molecular flexibility index (Phi) is 3.13. The Hall–Kier alpha value is -2.19. The van der Waals surface area contributed by atoms with E-state index in [1.54, 1.807) is 0 Å². The molecular formula is C11H12N2O6. The first-order chi connectivity index (χ1) is 8.91. The summed E-state index contributed by atoms with van der Waals surface area (Å²) in [5.74, 6) is -0.917. The summed E-state index contributed by atoms with van der Waals surface area (Å²) in [6, 6.07) is 2.65. The maximum Gasteiger partial charge on any atom is 0.330 e. The number of aliphatic carboxylic acids is 1. The molecule has 19 heavy (non-hydrogen) atoms. The third-order valence-electron chi connectivity index (χ3n) is 3.09. The van der Waals surface area contributed by atoms with Gasteiger partial charge in [0.25, 0.3) is 5.69 Å². The maximum atomic E-state index is 11.4. The average Bonchev–Trinajstić information content (AvgIpc) is 2.37. The summed E-state index contributed by atoms with van der Waals surface area (Å²) in [5, 5.41) is 20.4. The molecule has 0 radical (unpaired) electrons. The zero-order valence-electron chi connectivity index (χ0n) is 10.3. The number of carboxylic acids is 1. The standard InChI is InChI=1S/C11H12N2O6/c1-11(10(14)15)9-6(5-19-12-11)8(18-2)4-3-7(9)13(16)17/h3-4,12H,5H2,1-2H3,(H,14,15)/t11-/m1/s1. The van der Waals surface area contributed by atoms with Crippen LogP contribution in [0.15, 0.2) is 12.1 Å². The highest BCUT2D eigenvalue weighted by Crippen LogP contribution is 2.40. The van der Waals surface area contributed by atoms with Gasteiger partial charge in [0.2, 0.25) is 0 Å². The van der Waals surface area contributed by atoms with E-state index in [0.29, 0.717) is 11.3 Å². The van der Waals surface area contributed by atoms with Crippen molar-refractivity contribution in [3.63, 3.8) is 0 Å². The number of methoxy groups -OCH3 is 1. The van der Waals surface area contributed by atoms with Gasteiger partial charge in [0, 0.05) is 11.6 Å². The highest BCUT2D eigenvalue weighted by atomic mass is 16.7. The summed E-state index contributed by atoms with van der Waals surface area (Å²) in [4.78, 5) is 26.9. The van der Waals surface area contributed by atoms with Crippen molar-refractivity contribution in [3.05, 3.63) is 33.4 Å². The van der Waals surface area contributed by atoms with Gasteiger partial charge in [-0.3, -0.25) is 15.0 Å². The number of nitrogens with one attached hydrogen (secondary N) is 1. The Morgan fingerprint density at radius 2 is 2.32 bits per heavy atom. The van der Waals surface area contributed by atoms with Crippen LogP contribution in [0, 0.1) is 10.1 Å². The van der Waals surface area contributed by atoms with E-state index in [0.717, 1.165) is 0 Å². The largest absolute Gasteiger partial charge is 0.496 e. The van der Waals surface area contributed by atoms with Crippen molar-refractivity contribution in [2.24, 2.45) is 0 Å². The molecule has 8 heteroatoms. The molecule has 1 aliphatic heterocycles. The first-order valence-electron chi connectivity index (χ1n) is 5.39. The monoisotopic (exact) mass is 268 g/mol. The molecule has 8 nitrogen and oxygen atoms in total. The lowest BCUT2D eigenvalue weighted by atomic mass is 9.86. The molecule has 2 rings (SSSR count). The summed E-state index contributed by atoms with van der Waals surface area (Å²) in [7, 11) is 1.40. The fraction of sp³-hybridized carbons (Fsp3) is 0.364. The van der Waals surface area contributed by atoms with Crippen LogP contribution in [0.2, 0.25) is 0 Å². The smallest absolute Gasteiger partial charge is 0.330 e. The summed E-state index contributed by atoms with van der Waals surface area (Å²) in [5.41, 5.74) is 0.766. The number of ether oxygens (including phenoxy) is 1. The molecule has 2 N–H and O–H groups in total. The number of benzene rings is 1. The van der Waals surface area contributed by atoms with Crippen molar-refractivity contribution in [1.82, 2.24) is 5.48 Å². The number of nitrogens with zero attached hydrogens (tertiary/aromatic N) is 1. The zero-order chi connectivity index (χ0) is 14.2. The highest BCUT2D eigenvalue weighted by molar-refractivity contribution is 5.83. The molecule has 0 aromatic heterocycles. The van der Waals surface area contributed by atoms with E-state index in [-0.39, 0.29) is 17.9 Å². The van der Waals surface area contributed by atoms with E-state index < -0.39 is 16.4 Å². The molecule has 1 aromatic carbocycles. The lowest BCUT2D eigenvalue weighted by Crippen LogP contribution is -2.50. The average molecular weight is 268 g/mol. The number of hydrogen-bond donors (Lipinski definition) is 2. The number of carbonyl (C=O) groups is 1. The van der Waals surface area contributed by atoms with Crippen molar-refractivity contribution in [2.45, 2.75) is 19.1 Å². The van der Waals surface area contributed by atoms with Gasteiger partial charge in [-0.05, 0) is 13.0 Å². The molecule has 0 amide bonds. The fourth-order valence-corrected chi connectivity index (χ4v) is 2.12. The van der Waals surface area contributed by atoms with E-state index in [1.807, 2.05) is 0 Å². The van der Waals surface area contributed by atoms with E-state index in [4.69, 9.17) is 9.57 Å². The minimum Gasteiger partial charge on any atom is -0.496 e. The van der Waals surface area contributed by atoms with Gasteiger partial charge in [0.05, 0.1) is 24.2 Å². The van der Waals surface area contributed by atoms with Crippen molar-refractivity contribution >= 4 is 11.7 Å². The second-order valence-electron chi connectivity index (χ2n) is 4.22. The van der Waals surface area contributed by atoms with Crippen LogP contribution < -0.4 is 10.2 Å². The second-order valence-corrected chi connectivity index (χ2v) is 4.22. The maximum absolute atomic E-state index is 11.4. The first-order valence-corrected chi connectivity index (χ1v) is 5.39. The van der Waals surface area contributed by atoms with Crippen molar-refractivity contribution in [3.8, 4) is 5.75 Å². The summed E-state index contributed by atoms with van der Waals surface area (Å²) >= 11 is 0. The predicted molar refractivity (Wildman–Crippen MR) is 62.6 cm³/mol. The number of fused-ring (bicyclic) bond motifs is 1. The van der Waals surface area contributed by atoms with Crippen LogP contribution >= 0.6 is 0 Å². The quantitative estimate of drug-likeness (QED) is 0.619. The lowest BCUT2D eigenvalue weighted by Gasteiger charge is -2.32. The van der Waals surface area contributed by atoms with Gasteiger partial charge in [-0.25, -0.2) is 4.79 Å². The number of hydroxylamine groups is 1. The molecule has 1 heterocycles. The summed E-state index contributed by atoms with van der Waals surface area (Å²) in [6.45, 7) is 1.29. The number of nitro benzene ring substituents is 1. The third kappa shape index (κ3) is 1.90. The van der Waals surface area contributed by atoms with Gasteiger partial charge in [-0.2, -0.15) is 5.48 Å². The van der Waals surface area contributed by atoms with Crippen LogP contribution in [-0.4, -0.2) is 23.1 Å². The van der Waals surface area contributed by atoms with Gasteiger partial charge in [0.15, 0.2) is 5.54 Å². The molecule has 102 valence electrons. The fourth-order valence-electron chi connectivity index (χ4n) is 2.12. The Morgan fingerprint density at radius 3 is 2.84 bits per heavy atom. The Balaban J connectivity index is 2.78. The Morgan fingerprint density at radius 1 is 1.63 bits per heavy atom. The van der Waals surface area contributed by atoms with Gasteiger partial charge in [-0.1, -0.05) is 0 Å². The molecule has 1 aromatic rings. The molecule has 0 spiro atoms. The van der Waals surface area contributed by atoms with E-state index >= 15 is 0 Å². The first kappa shape index (κ1) is 13.2. The Bertz CT molecular complexity index is 558. The predicted octanol–water partition coefficient (Wildman–Crippen LogP) is 0.938. The normalized spacial score (nSPS) is 21.6.